The van der Waals surface area contributed by atoms with Gasteiger partial charge < -0.3 is 35.2 Å². The largest absolute Gasteiger partial charge is 0.465 e. The van der Waals surface area contributed by atoms with Crippen LogP contribution in [0.4, 0.5) is 34.1 Å². The second kappa shape index (κ2) is 17.3. The number of carbonyl (C=O) groups excluding carboxylic acids is 4. The van der Waals surface area contributed by atoms with Crippen LogP contribution in [0.5, 0.6) is 0 Å². The van der Waals surface area contributed by atoms with Crippen LogP contribution in [0.3, 0.4) is 0 Å². The van der Waals surface area contributed by atoms with E-state index in [1.165, 1.54) is 11.0 Å². The zero-order valence-corrected chi connectivity index (χ0v) is 32.9. The summed E-state index contributed by atoms with van der Waals surface area (Å²) in [7, 11) is 0. The van der Waals surface area contributed by atoms with Crippen LogP contribution in [-0.2, 0) is 38.1 Å². The van der Waals surface area contributed by atoms with Crippen LogP contribution in [0.25, 0.3) is 0 Å². The van der Waals surface area contributed by atoms with Crippen molar-refractivity contribution in [2.24, 2.45) is 0 Å². The number of hydrogen-bond donors (Lipinski definition) is 2. The number of anilines is 2. The lowest BCUT2D eigenvalue weighted by atomic mass is 9.95. The predicted octanol–water partition coefficient (Wildman–Crippen LogP) is 5.25. The Kier molecular flexibility index (Phi) is 12.4. The fourth-order valence-corrected chi connectivity index (χ4v) is 9.62. The molecule has 17 heteroatoms. The molecule has 7 rings (SSSR count). The summed E-state index contributed by atoms with van der Waals surface area (Å²) in [6.45, 7) is 5.40. The second-order valence-corrected chi connectivity index (χ2v) is 16.1. The van der Waals surface area contributed by atoms with E-state index in [1.807, 2.05) is 24.3 Å². The number of hydrogen-bond acceptors (Lipinski definition) is 9. The summed E-state index contributed by atoms with van der Waals surface area (Å²) in [5.74, 6) is -0.700. The van der Waals surface area contributed by atoms with Crippen LogP contribution in [0.15, 0.2) is 36.4 Å². The number of piperidine rings is 2. The predicted molar refractivity (Wildman–Crippen MR) is 207 cm³/mol. The quantitative estimate of drug-likeness (QED) is 0.257. The van der Waals surface area contributed by atoms with Crippen molar-refractivity contribution in [1.82, 2.24) is 24.5 Å². The summed E-state index contributed by atoms with van der Waals surface area (Å²) in [6.07, 6.45) is -1.74. The zero-order valence-electron chi connectivity index (χ0n) is 32.1. The molecule has 0 spiro atoms. The molecule has 310 valence electrons. The highest BCUT2D eigenvalue weighted by atomic mass is 35.5. The molecule has 2 aromatic rings. The van der Waals surface area contributed by atoms with Crippen molar-refractivity contribution in [1.29, 1.82) is 0 Å². The van der Waals surface area contributed by atoms with Crippen LogP contribution < -0.4 is 11.1 Å². The van der Waals surface area contributed by atoms with Crippen LogP contribution in [0.2, 0.25) is 5.02 Å². The molecule has 5 aliphatic rings. The van der Waals surface area contributed by atoms with E-state index in [1.54, 1.807) is 16.7 Å². The maximum atomic E-state index is 14.2. The number of nitrogens with two attached hydrogens (primary N) is 1. The average molecular weight is 818 g/mol. The molecule has 3 N–H and O–H groups in total. The third-order valence-electron chi connectivity index (χ3n) is 12.4. The van der Waals surface area contributed by atoms with Gasteiger partial charge in [-0.2, -0.15) is 13.2 Å². The van der Waals surface area contributed by atoms with Crippen LogP contribution in [-0.4, -0.2) is 138 Å². The fraction of sp³-hybridized carbons (Fsp3) is 0.600. The Morgan fingerprint density at radius 3 is 2.26 bits per heavy atom. The SMILES string of the molecule is CCOC(=O)CN1C2CCC1CC(N1CCN(C(=O)C(Cc3cc(Cl)c(N)c(C(F)(F)F)c3)OC(=O)N3CCC(N4CCc5ccccc5NC4=O)CC3)CC1)C2. The molecule has 0 aliphatic carbocycles. The molecule has 57 heavy (non-hydrogen) atoms. The molecule has 5 heterocycles. The molecule has 3 atom stereocenters. The van der Waals surface area contributed by atoms with Crippen molar-refractivity contribution in [3.8, 4) is 0 Å². The molecule has 4 amide bonds. The van der Waals surface area contributed by atoms with Gasteiger partial charge in [0.1, 0.15) is 0 Å². The molecule has 2 aromatic carbocycles. The Hall–Kier alpha value is -4.28. The smallest absolute Gasteiger partial charge is 0.418 e. The lowest BCUT2D eigenvalue weighted by Gasteiger charge is -2.46. The van der Waals surface area contributed by atoms with Gasteiger partial charge in [-0.1, -0.05) is 29.8 Å². The zero-order chi connectivity index (χ0) is 40.4. The first-order valence-corrected chi connectivity index (χ1v) is 20.4. The highest BCUT2D eigenvalue weighted by Crippen LogP contribution is 2.39. The maximum Gasteiger partial charge on any atom is 0.418 e. The molecule has 5 aliphatic heterocycles. The van der Waals surface area contributed by atoms with E-state index >= 15 is 0 Å². The molecular weight excluding hydrogens is 767 g/mol. The maximum absolute atomic E-state index is 14.2. The number of fused-ring (bicyclic) bond motifs is 3. The van der Waals surface area contributed by atoms with Gasteiger partial charge in [-0.3, -0.25) is 19.4 Å². The number of urea groups is 1. The van der Waals surface area contributed by atoms with E-state index in [9.17, 15) is 32.3 Å². The third-order valence-corrected chi connectivity index (χ3v) is 12.7. The third kappa shape index (κ3) is 9.23. The van der Waals surface area contributed by atoms with Crippen molar-refractivity contribution in [2.45, 2.75) is 94.7 Å². The molecule has 0 radical (unpaired) electrons. The van der Waals surface area contributed by atoms with Gasteiger partial charge in [-0.15, -0.1) is 0 Å². The van der Waals surface area contributed by atoms with Gasteiger partial charge in [-0.05, 0) is 81.2 Å². The van der Waals surface area contributed by atoms with E-state index in [0.29, 0.717) is 83.3 Å². The number of likely N-dealkylation sites (tertiary alicyclic amines) is 1. The summed E-state index contributed by atoms with van der Waals surface area (Å²) in [5, 5.41) is 2.68. The number of nitrogens with zero attached hydrogens (tertiary/aromatic N) is 5. The standard InChI is InChI=1S/C40H51ClF3N7O6/c1-2-56-35(52)24-51-28-7-8-29(51)23-30(22-28)47-15-17-48(18-16-47)37(53)34(21-25-19-31(40(42,43)44)36(45)32(41)20-25)57-39(55)49-12-10-27(11-13-49)50-14-9-26-5-3-4-6-33(26)46-38(50)54/h3-6,19-20,27-30,34H,2,7-18,21-24,45H2,1H3,(H,46,54). The topological polar surface area (TPSA) is 141 Å². The van der Waals surface area contributed by atoms with Crippen LogP contribution in [0.1, 0.15) is 62.1 Å². The monoisotopic (exact) mass is 817 g/mol. The lowest BCUT2D eigenvalue weighted by molar-refractivity contribution is -0.146. The van der Waals surface area contributed by atoms with Crippen molar-refractivity contribution in [3.05, 3.63) is 58.1 Å². The van der Waals surface area contributed by atoms with Gasteiger partial charge in [0.05, 0.1) is 29.4 Å². The van der Waals surface area contributed by atoms with E-state index in [2.05, 4.69) is 15.1 Å². The summed E-state index contributed by atoms with van der Waals surface area (Å²) >= 11 is 6.15. The number of amides is 4. The van der Waals surface area contributed by atoms with Gasteiger partial charge in [0.2, 0.25) is 0 Å². The van der Waals surface area contributed by atoms with Gasteiger partial charge in [-0.25, -0.2) is 9.59 Å². The van der Waals surface area contributed by atoms with Gasteiger partial charge in [0.15, 0.2) is 6.10 Å². The number of nitrogens with one attached hydrogen (secondary N) is 1. The van der Waals surface area contributed by atoms with Gasteiger partial charge in [0.25, 0.3) is 5.91 Å². The minimum Gasteiger partial charge on any atom is -0.465 e. The van der Waals surface area contributed by atoms with Crippen molar-refractivity contribution >= 4 is 47.0 Å². The number of esters is 1. The first-order valence-electron chi connectivity index (χ1n) is 20.0. The van der Waals surface area contributed by atoms with E-state index in [4.69, 9.17) is 26.8 Å². The second-order valence-electron chi connectivity index (χ2n) is 15.7. The highest BCUT2D eigenvalue weighted by molar-refractivity contribution is 6.33. The van der Waals surface area contributed by atoms with E-state index in [-0.39, 0.29) is 48.1 Å². The first-order chi connectivity index (χ1) is 27.3. The number of nitrogen functional groups attached to an aromatic ring is 1. The molecule has 4 saturated heterocycles. The molecule has 0 aromatic heterocycles. The molecular formula is C40H51ClF3N7O6. The normalized spacial score (nSPS) is 24.1. The molecule has 2 bridgehead atoms. The lowest BCUT2D eigenvalue weighted by Crippen LogP contribution is -2.58. The number of piperazine rings is 1. The van der Waals surface area contributed by atoms with Crippen molar-refractivity contribution < 1.29 is 41.8 Å². The Morgan fingerprint density at radius 2 is 1.60 bits per heavy atom. The van der Waals surface area contributed by atoms with Crippen LogP contribution >= 0.6 is 11.6 Å². The summed E-state index contributed by atoms with van der Waals surface area (Å²) < 4.78 is 52.9. The number of alkyl halides is 3. The number of carbonyl (C=O) groups is 4. The van der Waals surface area contributed by atoms with Crippen LogP contribution in [0, 0.1) is 0 Å². The Balaban J connectivity index is 0.994. The number of rotatable bonds is 9. The first kappa shape index (κ1) is 40.9. The van der Waals surface area contributed by atoms with E-state index in [0.717, 1.165) is 43.0 Å². The molecule has 3 unspecified atom stereocenters. The van der Waals surface area contributed by atoms with E-state index < -0.39 is 35.5 Å². The highest BCUT2D eigenvalue weighted by Gasteiger charge is 2.44. The van der Waals surface area contributed by atoms with Crippen molar-refractivity contribution in [2.75, 3.05) is 70.0 Å². The van der Waals surface area contributed by atoms with Crippen molar-refractivity contribution in [3.63, 3.8) is 0 Å². The van der Waals surface area contributed by atoms with Gasteiger partial charge >= 0.3 is 24.3 Å². The number of benzene rings is 2. The van der Waals surface area contributed by atoms with Gasteiger partial charge in [0, 0.05) is 82.1 Å². The Morgan fingerprint density at radius 1 is 0.912 bits per heavy atom. The summed E-state index contributed by atoms with van der Waals surface area (Å²) in [5.41, 5.74) is 5.84. The summed E-state index contributed by atoms with van der Waals surface area (Å²) in [6, 6.07) is 10.4. The Bertz CT molecular complexity index is 1810. The molecule has 4 fully saturated rings. The minimum absolute atomic E-state index is 0.0586. The average Bonchev–Trinajstić information content (AvgIpc) is 3.32. The fourth-order valence-electron chi connectivity index (χ4n) is 9.38. The number of ether oxygens (including phenoxy) is 2. The number of para-hydroxylation sites is 1. The minimum atomic E-state index is -4.79. The molecule has 13 nitrogen and oxygen atoms in total. The Labute approximate surface area is 335 Å². The summed E-state index contributed by atoms with van der Waals surface area (Å²) in [4.78, 5) is 62.8. The molecule has 0 saturated carbocycles. The number of halogens is 4.